The Kier molecular flexibility index (Phi) is 6.27. The Morgan fingerprint density at radius 3 is 2.53 bits per heavy atom. The van der Waals surface area contributed by atoms with Crippen LogP contribution in [-0.4, -0.2) is 42.5 Å². The number of carbonyl (C=O) groups excluding carboxylic acids is 1. The number of fused-ring (bicyclic) bond motifs is 1. The minimum Gasteiger partial charge on any atom is -0.301 e. The van der Waals surface area contributed by atoms with E-state index in [2.05, 4.69) is 5.32 Å². The number of hydrogen-bond acceptors (Lipinski definition) is 5. The molecule has 2 aromatic rings. The summed E-state index contributed by atoms with van der Waals surface area (Å²) in [6, 6.07) is 9.75. The van der Waals surface area contributed by atoms with Crippen molar-refractivity contribution in [1.29, 1.82) is 0 Å². The first-order valence-electron chi connectivity index (χ1n) is 10.8. The third kappa shape index (κ3) is 4.18. The number of piperidine rings is 1. The highest BCUT2D eigenvalue weighted by Gasteiger charge is 2.45. The maximum absolute atomic E-state index is 13.6. The molecule has 1 aromatic carbocycles. The van der Waals surface area contributed by atoms with Crippen molar-refractivity contribution >= 4 is 32.4 Å². The summed E-state index contributed by atoms with van der Waals surface area (Å²) in [6.45, 7) is 2.37. The van der Waals surface area contributed by atoms with Gasteiger partial charge in [-0.2, -0.15) is 0 Å². The van der Waals surface area contributed by atoms with Crippen LogP contribution in [-0.2, 0) is 33.1 Å². The van der Waals surface area contributed by atoms with Gasteiger partial charge >= 0.3 is 0 Å². The fourth-order valence-corrected chi connectivity index (χ4v) is 6.68. The number of nitrogens with zero attached hydrogens (tertiary/aromatic N) is 2. The molecule has 0 saturated carbocycles. The summed E-state index contributed by atoms with van der Waals surface area (Å²) in [5, 5.41) is 3.77. The van der Waals surface area contributed by atoms with E-state index >= 15 is 0 Å². The van der Waals surface area contributed by atoms with Gasteiger partial charge in [0.15, 0.2) is 5.13 Å². The normalized spacial score (nSPS) is 19.6. The van der Waals surface area contributed by atoms with E-state index in [0.717, 1.165) is 30.5 Å². The van der Waals surface area contributed by atoms with Gasteiger partial charge in [-0.25, -0.2) is 17.7 Å². The first-order valence-corrected chi connectivity index (χ1v) is 13.2. The molecular weight excluding hydrogens is 418 g/mol. The number of thiazole rings is 1. The van der Waals surface area contributed by atoms with Gasteiger partial charge in [0.1, 0.15) is 0 Å². The maximum Gasteiger partial charge on any atom is 0.236 e. The SMILES string of the molecule is CCS(=O)(=O)N1CCC(C(=O)Nc2nc3c(s2)CCCCC3)(c2ccccc2)CC1. The van der Waals surface area contributed by atoms with Gasteiger partial charge in [-0.15, -0.1) is 11.3 Å². The van der Waals surface area contributed by atoms with Crippen LogP contribution in [0.3, 0.4) is 0 Å². The topological polar surface area (TPSA) is 79.4 Å². The second kappa shape index (κ2) is 8.77. The zero-order valence-corrected chi connectivity index (χ0v) is 19.0. The lowest BCUT2D eigenvalue weighted by atomic mass is 9.72. The molecule has 8 heteroatoms. The van der Waals surface area contributed by atoms with Gasteiger partial charge in [-0.1, -0.05) is 36.8 Å². The van der Waals surface area contributed by atoms with E-state index in [-0.39, 0.29) is 11.7 Å². The minimum atomic E-state index is -3.25. The van der Waals surface area contributed by atoms with Crippen molar-refractivity contribution < 1.29 is 13.2 Å². The quantitative estimate of drug-likeness (QED) is 0.708. The Bertz CT molecular complexity index is 970. The number of carbonyl (C=O) groups is 1. The van der Waals surface area contributed by atoms with Crippen LogP contribution in [0.1, 0.15) is 55.2 Å². The Hall–Kier alpha value is -1.77. The summed E-state index contributed by atoms with van der Waals surface area (Å²) < 4.78 is 26.2. The van der Waals surface area contributed by atoms with E-state index in [1.807, 2.05) is 30.3 Å². The lowest BCUT2D eigenvalue weighted by Gasteiger charge is -2.40. The summed E-state index contributed by atoms with van der Waals surface area (Å²) in [5.41, 5.74) is 1.32. The molecule has 2 heterocycles. The fraction of sp³-hybridized carbons (Fsp3) is 0.545. The molecule has 6 nitrogen and oxygen atoms in total. The summed E-state index contributed by atoms with van der Waals surface area (Å²) in [5.74, 6) is 0.00788. The standard InChI is InChI=1S/C22H29N3O3S2/c1-2-30(27,28)25-15-13-22(14-16-25,17-9-5-3-6-10-17)20(26)24-21-23-18-11-7-4-8-12-19(18)29-21/h3,5-6,9-10H,2,4,7-8,11-16H2,1H3,(H,23,24,26). The molecule has 1 aliphatic heterocycles. The van der Waals surface area contributed by atoms with Gasteiger partial charge in [-0.3, -0.25) is 4.79 Å². The van der Waals surface area contributed by atoms with Crippen LogP contribution < -0.4 is 5.32 Å². The number of amides is 1. The first-order chi connectivity index (χ1) is 14.4. The molecule has 0 radical (unpaired) electrons. The Labute approximate surface area is 182 Å². The summed E-state index contributed by atoms with van der Waals surface area (Å²) in [4.78, 5) is 19.6. The van der Waals surface area contributed by atoms with E-state index in [0.29, 0.717) is 31.1 Å². The van der Waals surface area contributed by atoms with Crippen molar-refractivity contribution in [3.05, 3.63) is 46.5 Å². The number of aryl methyl sites for hydroxylation is 2. The highest BCUT2D eigenvalue weighted by molar-refractivity contribution is 7.89. The number of aromatic nitrogens is 1. The molecule has 1 amide bonds. The molecular formula is C22H29N3O3S2. The molecule has 30 heavy (non-hydrogen) atoms. The Morgan fingerprint density at radius 1 is 1.13 bits per heavy atom. The smallest absolute Gasteiger partial charge is 0.236 e. The van der Waals surface area contributed by atoms with Crippen molar-refractivity contribution in [3.63, 3.8) is 0 Å². The number of hydrogen-bond donors (Lipinski definition) is 1. The van der Waals surface area contributed by atoms with Crippen molar-refractivity contribution in [2.75, 3.05) is 24.2 Å². The monoisotopic (exact) mass is 447 g/mol. The minimum absolute atomic E-state index is 0.0776. The molecule has 0 spiro atoms. The molecule has 162 valence electrons. The predicted octanol–water partition coefficient (Wildman–Crippen LogP) is 3.73. The average Bonchev–Trinajstić information content (AvgIpc) is 3.02. The van der Waals surface area contributed by atoms with Crippen LogP contribution in [0.2, 0.25) is 0 Å². The highest BCUT2D eigenvalue weighted by atomic mass is 32.2. The molecule has 0 bridgehead atoms. The molecule has 1 N–H and O–H groups in total. The fourth-order valence-electron chi connectivity index (χ4n) is 4.53. The van der Waals surface area contributed by atoms with Crippen molar-refractivity contribution in [1.82, 2.24) is 9.29 Å². The van der Waals surface area contributed by atoms with Crippen LogP contribution in [0.4, 0.5) is 5.13 Å². The number of nitrogens with one attached hydrogen (secondary N) is 1. The number of rotatable bonds is 5. The molecule has 0 unspecified atom stereocenters. The third-order valence-electron chi connectivity index (χ3n) is 6.41. The van der Waals surface area contributed by atoms with Crippen molar-refractivity contribution in [2.45, 2.75) is 57.3 Å². The van der Waals surface area contributed by atoms with E-state index in [9.17, 15) is 13.2 Å². The van der Waals surface area contributed by atoms with Gasteiger partial charge in [0.2, 0.25) is 15.9 Å². The van der Waals surface area contributed by atoms with Crippen molar-refractivity contribution in [2.24, 2.45) is 0 Å². The van der Waals surface area contributed by atoms with Gasteiger partial charge in [0.25, 0.3) is 0 Å². The van der Waals surface area contributed by atoms with E-state index < -0.39 is 15.4 Å². The average molecular weight is 448 g/mol. The van der Waals surface area contributed by atoms with Gasteiger partial charge in [0.05, 0.1) is 16.9 Å². The molecule has 1 aromatic heterocycles. The molecule has 1 aliphatic carbocycles. The second-order valence-corrected chi connectivity index (χ2v) is 11.5. The highest BCUT2D eigenvalue weighted by Crippen LogP contribution is 2.38. The second-order valence-electron chi connectivity index (χ2n) is 8.15. The Morgan fingerprint density at radius 2 is 1.83 bits per heavy atom. The van der Waals surface area contributed by atoms with E-state index in [4.69, 9.17) is 4.98 Å². The summed E-state index contributed by atoms with van der Waals surface area (Å²) >= 11 is 1.59. The van der Waals surface area contributed by atoms with Crippen LogP contribution in [0.5, 0.6) is 0 Å². The van der Waals surface area contributed by atoms with Gasteiger partial charge in [-0.05, 0) is 51.0 Å². The van der Waals surface area contributed by atoms with Crippen LogP contribution in [0.25, 0.3) is 0 Å². The zero-order valence-electron chi connectivity index (χ0n) is 17.4. The lowest BCUT2D eigenvalue weighted by molar-refractivity contribution is -0.123. The summed E-state index contributed by atoms with van der Waals surface area (Å²) in [7, 11) is -3.25. The van der Waals surface area contributed by atoms with Crippen molar-refractivity contribution in [3.8, 4) is 0 Å². The van der Waals surface area contributed by atoms with E-state index in [1.165, 1.54) is 22.0 Å². The number of benzene rings is 1. The van der Waals surface area contributed by atoms with Crippen LogP contribution in [0.15, 0.2) is 30.3 Å². The molecule has 4 rings (SSSR count). The zero-order chi connectivity index (χ0) is 21.2. The predicted molar refractivity (Wildman–Crippen MR) is 120 cm³/mol. The van der Waals surface area contributed by atoms with Crippen LogP contribution >= 0.6 is 11.3 Å². The molecule has 1 saturated heterocycles. The van der Waals surface area contributed by atoms with E-state index in [1.54, 1.807) is 18.3 Å². The number of sulfonamides is 1. The van der Waals surface area contributed by atoms with Gasteiger partial charge < -0.3 is 5.32 Å². The molecule has 0 atom stereocenters. The maximum atomic E-state index is 13.6. The first kappa shape index (κ1) is 21.5. The third-order valence-corrected chi connectivity index (χ3v) is 9.37. The van der Waals surface area contributed by atoms with Crippen LogP contribution in [0, 0.1) is 0 Å². The molecule has 2 aliphatic rings. The Balaban J connectivity index is 1.59. The largest absolute Gasteiger partial charge is 0.301 e. The number of anilines is 1. The summed E-state index contributed by atoms with van der Waals surface area (Å²) in [6.07, 6.45) is 6.52. The lowest BCUT2D eigenvalue weighted by Crippen LogP contribution is -2.51. The van der Waals surface area contributed by atoms with Gasteiger partial charge in [0, 0.05) is 18.0 Å². The molecule has 1 fully saturated rings.